The first-order chi connectivity index (χ1) is 10.1. The van der Waals surface area contributed by atoms with E-state index in [0.29, 0.717) is 11.5 Å². The number of methoxy groups -OCH3 is 1. The van der Waals surface area contributed by atoms with Gasteiger partial charge in [-0.15, -0.1) is 11.3 Å². The summed E-state index contributed by atoms with van der Waals surface area (Å²) in [6, 6.07) is 9.44. The zero-order valence-corrected chi connectivity index (χ0v) is 12.2. The highest BCUT2D eigenvalue weighted by molar-refractivity contribution is 7.17. The van der Waals surface area contributed by atoms with Crippen LogP contribution in [-0.4, -0.2) is 13.0 Å². The third-order valence-corrected chi connectivity index (χ3v) is 3.97. The van der Waals surface area contributed by atoms with E-state index in [0.717, 1.165) is 22.6 Å². The Balaban J connectivity index is 2.19. The van der Waals surface area contributed by atoms with Crippen LogP contribution < -0.4 is 21.5 Å². The molecule has 0 fully saturated rings. The number of carbonyl (C=O) groups excluding carboxylic acids is 1. The van der Waals surface area contributed by atoms with Gasteiger partial charge in [-0.05, 0) is 17.7 Å². The van der Waals surface area contributed by atoms with Crippen LogP contribution in [0.25, 0.3) is 0 Å². The Labute approximate surface area is 125 Å². The highest BCUT2D eigenvalue weighted by Crippen LogP contribution is 2.35. The molecule has 0 radical (unpaired) electrons. The number of nitrogen functional groups attached to an aromatic ring is 1. The number of hydrogen-bond acceptors (Lipinski definition) is 6. The number of amides is 1. The summed E-state index contributed by atoms with van der Waals surface area (Å²) in [6.07, 6.45) is 0. The summed E-state index contributed by atoms with van der Waals surface area (Å²) in [4.78, 5) is 11.7. The first-order valence-electron chi connectivity index (χ1n) is 6.05. The van der Waals surface area contributed by atoms with Gasteiger partial charge < -0.3 is 21.5 Å². The monoisotopic (exact) mass is 302 g/mol. The smallest absolute Gasteiger partial charge is 0.253 e. The lowest BCUT2D eigenvalue weighted by molar-refractivity contribution is 0.100. The van der Waals surface area contributed by atoms with Gasteiger partial charge in [0.25, 0.3) is 5.91 Å². The van der Waals surface area contributed by atoms with E-state index in [1.54, 1.807) is 7.11 Å². The van der Waals surface area contributed by atoms with Crippen LogP contribution >= 0.6 is 11.3 Å². The summed E-state index contributed by atoms with van der Waals surface area (Å²) in [5.41, 5.74) is 12.4. The van der Waals surface area contributed by atoms with E-state index in [-0.39, 0.29) is 16.1 Å². The second kappa shape index (κ2) is 6.15. The van der Waals surface area contributed by atoms with Crippen LogP contribution in [-0.2, 0) is 6.54 Å². The molecule has 1 heterocycles. The average Bonchev–Trinajstić information content (AvgIpc) is 2.81. The SMILES string of the molecule is COc1ccc(CNc2sc(C#N)c(N)c2C(N)=O)cc1. The summed E-state index contributed by atoms with van der Waals surface area (Å²) >= 11 is 1.12. The highest BCUT2D eigenvalue weighted by Gasteiger charge is 2.19. The van der Waals surface area contributed by atoms with Crippen molar-refractivity contribution < 1.29 is 9.53 Å². The molecule has 21 heavy (non-hydrogen) atoms. The Morgan fingerprint density at radius 1 is 1.43 bits per heavy atom. The number of carbonyl (C=O) groups is 1. The second-order valence-electron chi connectivity index (χ2n) is 4.23. The van der Waals surface area contributed by atoms with Gasteiger partial charge in [-0.1, -0.05) is 12.1 Å². The number of thiophene rings is 1. The summed E-state index contributed by atoms with van der Waals surface area (Å²) in [5.74, 6) is 0.117. The van der Waals surface area contributed by atoms with E-state index >= 15 is 0 Å². The molecule has 0 aliphatic carbocycles. The number of nitrogens with zero attached hydrogens (tertiary/aromatic N) is 1. The molecule has 0 aliphatic heterocycles. The minimum atomic E-state index is -0.650. The van der Waals surface area contributed by atoms with Crippen molar-refractivity contribution in [3.8, 4) is 11.8 Å². The van der Waals surface area contributed by atoms with Crippen molar-refractivity contribution in [2.24, 2.45) is 5.73 Å². The number of anilines is 2. The van der Waals surface area contributed by atoms with Crippen molar-refractivity contribution in [1.29, 1.82) is 5.26 Å². The number of nitrogens with one attached hydrogen (secondary N) is 1. The van der Waals surface area contributed by atoms with Crippen molar-refractivity contribution >= 4 is 27.9 Å². The zero-order chi connectivity index (χ0) is 15.4. The molecule has 1 amide bonds. The molecule has 0 atom stereocenters. The van der Waals surface area contributed by atoms with Crippen molar-refractivity contribution in [1.82, 2.24) is 0 Å². The maximum absolute atomic E-state index is 11.4. The predicted molar refractivity (Wildman–Crippen MR) is 82.3 cm³/mol. The second-order valence-corrected chi connectivity index (χ2v) is 5.25. The van der Waals surface area contributed by atoms with Gasteiger partial charge >= 0.3 is 0 Å². The fraction of sp³-hybridized carbons (Fsp3) is 0.143. The zero-order valence-electron chi connectivity index (χ0n) is 11.3. The molecule has 0 unspecified atom stereocenters. The fourth-order valence-electron chi connectivity index (χ4n) is 1.82. The Bertz CT molecular complexity index is 701. The molecule has 2 rings (SSSR count). The Kier molecular flexibility index (Phi) is 4.30. The number of benzene rings is 1. The van der Waals surface area contributed by atoms with Gasteiger partial charge in [0.2, 0.25) is 0 Å². The summed E-state index contributed by atoms with van der Waals surface area (Å²) in [5, 5.41) is 12.6. The fourth-order valence-corrected chi connectivity index (χ4v) is 2.74. The van der Waals surface area contributed by atoms with Crippen LogP contribution in [0.3, 0.4) is 0 Å². The first kappa shape index (κ1) is 14.7. The Hall–Kier alpha value is -2.72. The number of primary amides is 1. The van der Waals surface area contributed by atoms with Crippen LogP contribution in [0.1, 0.15) is 20.8 Å². The van der Waals surface area contributed by atoms with E-state index in [2.05, 4.69) is 5.32 Å². The largest absolute Gasteiger partial charge is 0.497 e. The number of rotatable bonds is 5. The van der Waals surface area contributed by atoms with Crippen LogP contribution in [0.5, 0.6) is 5.75 Å². The third kappa shape index (κ3) is 3.07. The van der Waals surface area contributed by atoms with Crippen LogP contribution in [0.4, 0.5) is 10.7 Å². The van der Waals surface area contributed by atoms with E-state index < -0.39 is 5.91 Å². The van der Waals surface area contributed by atoms with Crippen LogP contribution in [0, 0.1) is 11.3 Å². The Morgan fingerprint density at radius 2 is 2.10 bits per heavy atom. The minimum Gasteiger partial charge on any atom is -0.497 e. The standard InChI is InChI=1S/C14H14N4O2S/c1-20-9-4-2-8(3-5-9)7-18-14-11(13(17)19)12(16)10(6-15)21-14/h2-5,18H,7,16H2,1H3,(H2,17,19). The van der Waals surface area contributed by atoms with Gasteiger partial charge in [0, 0.05) is 6.54 Å². The molecule has 0 saturated heterocycles. The maximum atomic E-state index is 11.4. The molecule has 1 aromatic heterocycles. The lowest BCUT2D eigenvalue weighted by Gasteiger charge is -2.07. The molecular weight excluding hydrogens is 288 g/mol. The lowest BCUT2D eigenvalue weighted by Crippen LogP contribution is -2.14. The van der Waals surface area contributed by atoms with Crippen molar-refractivity contribution in [3.63, 3.8) is 0 Å². The molecule has 2 aromatic rings. The predicted octanol–water partition coefficient (Wildman–Crippen LogP) is 1.92. The van der Waals surface area contributed by atoms with E-state index in [9.17, 15) is 4.79 Å². The van der Waals surface area contributed by atoms with E-state index in [1.165, 1.54) is 0 Å². The van der Waals surface area contributed by atoms with Gasteiger partial charge in [-0.25, -0.2) is 0 Å². The number of ether oxygens (including phenoxy) is 1. The number of nitrogens with two attached hydrogens (primary N) is 2. The quantitative estimate of drug-likeness (QED) is 0.780. The van der Waals surface area contributed by atoms with E-state index in [1.807, 2.05) is 30.3 Å². The van der Waals surface area contributed by atoms with Gasteiger partial charge in [0.15, 0.2) is 0 Å². The molecule has 7 heteroatoms. The van der Waals surface area contributed by atoms with Crippen molar-refractivity contribution in [2.45, 2.75) is 6.54 Å². The van der Waals surface area contributed by atoms with Gasteiger partial charge in [0.1, 0.15) is 21.7 Å². The molecule has 108 valence electrons. The van der Waals surface area contributed by atoms with Crippen LogP contribution in [0.15, 0.2) is 24.3 Å². The maximum Gasteiger partial charge on any atom is 0.253 e. The molecule has 0 spiro atoms. The minimum absolute atomic E-state index is 0.132. The molecule has 0 bridgehead atoms. The van der Waals surface area contributed by atoms with Gasteiger partial charge in [-0.2, -0.15) is 5.26 Å². The summed E-state index contributed by atoms with van der Waals surface area (Å²) in [7, 11) is 1.60. The number of nitriles is 1. The third-order valence-electron chi connectivity index (χ3n) is 2.91. The molecule has 0 aliphatic rings. The highest BCUT2D eigenvalue weighted by atomic mass is 32.1. The Morgan fingerprint density at radius 3 is 2.62 bits per heavy atom. The average molecular weight is 302 g/mol. The normalized spacial score (nSPS) is 9.90. The first-order valence-corrected chi connectivity index (χ1v) is 6.87. The summed E-state index contributed by atoms with van der Waals surface area (Å²) in [6.45, 7) is 0.481. The lowest BCUT2D eigenvalue weighted by atomic mass is 10.2. The number of hydrogen-bond donors (Lipinski definition) is 3. The molecule has 0 saturated carbocycles. The molecular formula is C14H14N4O2S. The van der Waals surface area contributed by atoms with E-state index in [4.69, 9.17) is 21.5 Å². The topological polar surface area (TPSA) is 114 Å². The van der Waals surface area contributed by atoms with Crippen LogP contribution in [0.2, 0.25) is 0 Å². The molecule has 5 N–H and O–H groups in total. The van der Waals surface area contributed by atoms with Crippen molar-refractivity contribution in [3.05, 3.63) is 40.3 Å². The van der Waals surface area contributed by atoms with Gasteiger partial charge in [-0.3, -0.25) is 4.79 Å². The summed E-state index contributed by atoms with van der Waals surface area (Å²) < 4.78 is 5.08. The molecule has 6 nitrogen and oxygen atoms in total. The van der Waals surface area contributed by atoms with Gasteiger partial charge in [0.05, 0.1) is 18.4 Å². The molecule has 1 aromatic carbocycles. The van der Waals surface area contributed by atoms with Crippen molar-refractivity contribution in [2.75, 3.05) is 18.2 Å².